The third kappa shape index (κ3) is 1.73. The van der Waals surface area contributed by atoms with E-state index < -0.39 is 24.2 Å². The molecule has 0 aromatic rings. The molecule has 0 aliphatic heterocycles. The molecule has 1 nitrogen and oxygen atoms in total. The maximum absolute atomic E-state index is 12.0. The molecule has 0 rings (SSSR count). The number of hydrogen-bond acceptors (Lipinski definition) is 1. The minimum atomic E-state index is -6.61. The van der Waals surface area contributed by atoms with Crippen molar-refractivity contribution in [3.63, 3.8) is 0 Å². The lowest BCUT2D eigenvalue weighted by Crippen LogP contribution is -2.56. The normalized spacial score (nSPS) is 16.2. The van der Waals surface area contributed by atoms with E-state index in [0.29, 0.717) is 0 Å². The Balaban J connectivity index is 5.20. The molecule has 0 bridgehead atoms. The van der Waals surface area contributed by atoms with Crippen LogP contribution in [0.5, 0.6) is 0 Å². The Labute approximate surface area is 71.9 Å². The summed E-state index contributed by atoms with van der Waals surface area (Å²) in [6.07, 6.45) is -10.8. The maximum atomic E-state index is 12.0. The van der Waals surface area contributed by atoms with E-state index in [-0.39, 0.29) is 6.07 Å². The quantitative estimate of drug-likeness (QED) is 0.665. The molecule has 0 saturated heterocycles. The molecule has 0 aliphatic carbocycles. The molecule has 0 N–H and O–H groups in total. The number of rotatable bonds is 2. The van der Waals surface area contributed by atoms with Gasteiger partial charge in [-0.15, -0.1) is 0 Å². The van der Waals surface area contributed by atoms with Crippen LogP contribution in [0.15, 0.2) is 0 Å². The topological polar surface area (TPSA) is 23.8 Å². The van der Waals surface area contributed by atoms with Crippen LogP contribution in [0.3, 0.4) is 0 Å². The molecule has 0 radical (unpaired) electrons. The van der Waals surface area contributed by atoms with E-state index in [1.54, 1.807) is 0 Å². The Kier molecular flexibility index (Phi) is 3.00. The van der Waals surface area contributed by atoms with Gasteiger partial charge in [0, 0.05) is 0 Å². The highest BCUT2D eigenvalue weighted by atomic mass is 19.4. The van der Waals surface area contributed by atoms with E-state index in [9.17, 15) is 35.1 Å². The zero-order valence-corrected chi connectivity index (χ0v) is 6.05. The number of nitriles is 1. The standard InChI is InChI=1S/C5HF8N/c6-2(1-14)3(7,8)4(9,10)5(11,12)13/h2H. The average molecular weight is 227 g/mol. The second kappa shape index (κ2) is 3.25. The molecule has 1 atom stereocenters. The Morgan fingerprint density at radius 2 is 1.29 bits per heavy atom. The second-order valence-corrected chi connectivity index (χ2v) is 2.19. The Hall–Kier alpha value is -1.07. The lowest BCUT2D eigenvalue weighted by atomic mass is 10.1. The SMILES string of the molecule is N#CC(F)C(F)(F)C(F)(F)C(F)(F)F. The number of alkyl halides is 8. The summed E-state index contributed by atoms with van der Waals surface area (Å²) in [6.45, 7) is 0. The monoisotopic (exact) mass is 227 g/mol. The van der Waals surface area contributed by atoms with Gasteiger partial charge in [0.25, 0.3) is 6.17 Å². The average Bonchev–Trinajstić information content (AvgIpc) is 2.00. The van der Waals surface area contributed by atoms with E-state index in [0.717, 1.165) is 0 Å². The van der Waals surface area contributed by atoms with Crippen molar-refractivity contribution in [2.24, 2.45) is 0 Å². The molecular weight excluding hydrogens is 226 g/mol. The van der Waals surface area contributed by atoms with E-state index in [1.165, 1.54) is 0 Å². The first-order valence-electron chi connectivity index (χ1n) is 2.84. The van der Waals surface area contributed by atoms with Gasteiger partial charge in [-0.25, -0.2) is 4.39 Å². The highest BCUT2D eigenvalue weighted by molar-refractivity contribution is 5.04. The van der Waals surface area contributed by atoms with E-state index in [4.69, 9.17) is 5.26 Å². The molecule has 0 aliphatic rings. The first-order chi connectivity index (χ1) is 5.98. The van der Waals surface area contributed by atoms with Crippen molar-refractivity contribution in [1.82, 2.24) is 0 Å². The third-order valence-electron chi connectivity index (χ3n) is 1.21. The van der Waals surface area contributed by atoms with Crippen LogP contribution in [0.25, 0.3) is 0 Å². The van der Waals surface area contributed by atoms with Crippen LogP contribution in [-0.4, -0.2) is 24.2 Å². The van der Waals surface area contributed by atoms with Crippen molar-refractivity contribution >= 4 is 0 Å². The zero-order chi connectivity index (χ0) is 11.8. The van der Waals surface area contributed by atoms with Crippen LogP contribution in [0.4, 0.5) is 35.1 Å². The first kappa shape index (κ1) is 12.9. The molecule has 0 amide bonds. The molecule has 0 fully saturated rings. The largest absolute Gasteiger partial charge is 0.460 e. The van der Waals surface area contributed by atoms with Gasteiger partial charge in [-0.1, -0.05) is 0 Å². The molecule has 0 spiro atoms. The Bertz CT molecular complexity index is 247. The minimum absolute atomic E-state index is 0.0133. The molecule has 0 heterocycles. The van der Waals surface area contributed by atoms with Crippen LogP contribution in [0.1, 0.15) is 0 Å². The fourth-order valence-corrected chi connectivity index (χ4v) is 0.429. The third-order valence-corrected chi connectivity index (χ3v) is 1.21. The molecule has 9 heteroatoms. The van der Waals surface area contributed by atoms with Gasteiger partial charge in [0.1, 0.15) is 6.07 Å². The highest BCUT2D eigenvalue weighted by Gasteiger charge is 2.76. The van der Waals surface area contributed by atoms with Gasteiger partial charge in [0.2, 0.25) is 0 Å². The van der Waals surface area contributed by atoms with Gasteiger partial charge >= 0.3 is 18.0 Å². The van der Waals surface area contributed by atoms with Crippen LogP contribution in [-0.2, 0) is 0 Å². The number of hydrogen-bond donors (Lipinski definition) is 0. The summed E-state index contributed by atoms with van der Waals surface area (Å²) in [5, 5.41) is 7.49. The van der Waals surface area contributed by atoms with Crippen molar-refractivity contribution in [3.8, 4) is 6.07 Å². The summed E-state index contributed by atoms with van der Waals surface area (Å²) >= 11 is 0. The van der Waals surface area contributed by atoms with Crippen molar-refractivity contribution in [1.29, 1.82) is 5.26 Å². The number of halogens is 8. The van der Waals surface area contributed by atoms with Crippen molar-refractivity contribution < 1.29 is 35.1 Å². The fourth-order valence-electron chi connectivity index (χ4n) is 0.429. The zero-order valence-electron chi connectivity index (χ0n) is 6.05. The van der Waals surface area contributed by atoms with Gasteiger partial charge in [-0.2, -0.15) is 36.0 Å². The maximum Gasteiger partial charge on any atom is 0.460 e. The lowest BCUT2D eigenvalue weighted by Gasteiger charge is -2.27. The second-order valence-electron chi connectivity index (χ2n) is 2.19. The van der Waals surface area contributed by atoms with Crippen LogP contribution < -0.4 is 0 Å². The van der Waals surface area contributed by atoms with Crippen molar-refractivity contribution in [2.75, 3.05) is 0 Å². The predicted molar refractivity (Wildman–Crippen MR) is 26.5 cm³/mol. The van der Waals surface area contributed by atoms with Gasteiger partial charge in [-0.05, 0) is 0 Å². The predicted octanol–water partition coefficient (Wildman–Crippen LogP) is 2.68. The van der Waals surface area contributed by atoms with Gasteiger partial charge in [-0.3, -0.25) is 0 Å². The van der Waals surface area contributed by atoms with Gasteiger partial charge in [0.05, 0.1) is 0 Å². The van der Waals surface area contributed by atoms with Crippen LogP contribution in [0, 0.1) is 11.3 Å². The van der Waals surface area contributed by atoms with Gasteiger partial charge in [0.15, 0.2) is 0 Å². The molecule has 0 aromatic carbocycles. The smallest absolute Gasteiger partial charge is 0.224 e. The molecule has 14 heavy (non-hydrogen) atoms. The fraction of sp³-hybridized carbons (Fsp3) is 0.800. The molecular formula is C5HF8N. The summed E-state index contributed by atoms with van der Waals surface area (Å²) in [5.74, 6) is -12.7. The molecule has 0 saturated carbocycles. The lowest BCUT2D eigenvalue weighted by molar-refractivity contribution is -0.361. The van der Waals surface area contributed by atoms with E-state index in [2.05, 4.69) is 0 Å². The summed E-state index contributed by atoms with van der Waals surface area (Å²) in [6, 6.07) is -0.0133. The minimum Gasteiger partial charge on any atom is -0.224 e. The molecule has 1 unspecified atom stereocenters. The molecule has 0 aromatic heterocycles. The van der Waals surface area contributed by atoms with E-state index in [1.807, 2.05) is 0 Å². The first-order valence-corrected chi connectivity index (χ1v) is 2.84. The molecule has 82 valence electrons. The van der Waals surface area contributed by atoms with Crippen molar-refractivity contribution in [2.45, 2.75) is 24.2 Å². The summed E-state index contributed by atoms with van der Waals surface area (Å²) < 4.78 is 93.6. The van der Waals surface area contributed by atoms with Crippen LogP contribution in [0.2, 0.25) is 0 Å². The van der Waals surface area contributed by atoms with E-state index >= 15 is 0 Å². The van der Waals surface area contributed by atoms with Gasteiger partial charge < -0.3 is 0 Å². The number of nitrogens with zero attached hydrogens (tertiary/aromatic N) is 1. The highest BCUT2D eigenvalue weighted by Crippen LogP contribution is 2.48. The summed E-state index contributed by atoms with van der Waals surface area (Å²) in [5.41, 5.74) is 0. The Morgan fingerprint density at radius 1 is 0.929 bits per heavy atom. The Morgan fingerprint density at radius 3 is 1.50 bits per heavy atom. The summed E-state index contributed by atoms with van der Waals surface area (Å²) in [7, 11) is 0. The van der Waals surface area contributed by atoms with Crippen molar-refractivity contribution in [3.05, 3.63) is 0 Å². The van der Waals surface area contributed by atoms with Crippen LogP contribution >= 0.6 is 0 Å². The summed E-state index contributed by atoms with van der Waals surface area (Å²) in [4.78, 5) is 0.